The molecule has 0 aromatic rings. The Bertz CT molecular complexity index is 153. The summed E-state index contributed by atoms with van der Waals surface area (Å²) in [5.74, 6) is 0. The third-order valence-corrected chi connectivity index (χ3v) is 8.24. The molecule has 1 N–H and O–H groups in total. The maximum Gasteiger partial charge on any atom is 0.173 e. The second kappa shape index (κ2) is 6.05. The van der Waals surface area contributed by atoms with Crippen molar-refractivity contribution in [3.63, 3.8) is 0 Å². The van der Waals surface area contributed by atoms with Gasteiger partial charge >= 0.3 is 0 Å². The molecule has 0 amide bonds. The van der Waals surface area contributed by atoms with E-state index in [1.54, 1.807) is 0 Å². The number of rotatable bonds is 7. The summed E-state index contributed by atoms with van der Waals surface area (Å²) in [5.41, 5.74) is 0. The van der Waals surface area contributed by atoms with Crippen molar-refractivity contribution in [1.82, 2.24) is 0 Å². The summed E-state index contributed by atoms with van der Waals surface area (Å²) in [6.07, 6.45) is 3.30. The van der Waals surface area contributed by atoms with Crippen LogP contribution in [0.1, 0.15) is 19.3 Å². The van der Waals surface area contributed by atoms with E-state index >= 15 is 0 Å². The molecule has 0 unspecified atom stereocenters. The van der Waals surface area contributed by atoms with E-state index in [0.717, 1.165) is 12.8 Å². The first-order valence-electron chi connectivity index (χ1n) is 5.58. The standard InChI is InChI=1S/C10H26O2Si2/c1-13(2,3)12-14(4,5)10-8-6-7-9-11/h11H,6-10H2,1-5H3. The predicted octanol–water partition coefficient (Wildman–Crippen LogP) is 3.21. The Balaban J connectivity index is 3.72. The van der Waals surface area contributed by atoms with Gasteiger partial charge in [-0.1, -0.05) is 12.8 Å². The second-order valence-corrected chi connectivity index (χ2v) is 14.6. The maximum atomic E-state index is 8.67. The van der Waals surface area contributed by atoms with Crippen molar-refractivity contribution in [3.05, 3.63) is 0 Å². The summed E-state index contributed by atoms with van der Waals surface area (Å²) < 4.78 is 6.22. The third-order valence-electron chi connectivity index (χ3n) is 2.02. The minimum Gasteiger partial charge on any atom is -0.456 e. The lowest BCUT2D eigenvalue weighted by Gasteiger charge is -2.31. The normalized spacial score (nSPS) is 13.3. The Kier molecular flexibility index (Phi) is 6.20. The van der Waals surface area contributed by atoms with Gasteiger partial charge in [-0.15, -0.1) is 0 Å². The zero-order chi connectivity index (χ0) is 11.2. The monoisotopic (exact) mass is 234 g/mol. The summed E-state index contributed by atoms with van der Waals surface area (Å²) in [6, 6.07) is 1.23. The highest BCUT2D eigenvalue weighted by Gasteiger charge is 2.28. The first-order valence-corrected chi connectivity index (χ1v) is 12.1. The Morgan fingerprint density at radius 2 is 1.50 bits per heavy atom. The van der Waals surface area contributed by atoms with Gasteiger partial charge in [-0.05, 0) is 45.2 Å². The van der Waals surface area contributed by atoms with Gasteiger partial charge in [-0.2, -0.15) is 0 Å². The van der Waals surface area contributed by atoms with Crippen LogP contribution in [-0.4, -0.2) is 28.3 Å². The zero-order valence-corrected chi connectivity index (χ0v) is 12.4. The highest BCUT2D eigenvalue weighted by molar-refractivity contribution is 6.84. The highest BCUT2D eigenvalue weighted by Crippen LogP contribution is 2.20. The number of hydrogen-bond acceptors (Lipinski definition) is 2. The number of aliphatic hydroxyl groups excluding tert-OH is 1. The van der Waals surface area contributed by atoms with E-state index in [1.165, 1.54) is 12.5 Å². The van der Waals surface area contributed by atoms with Gasteiger partial charge in [0.1, 0.15) is 0 Å². The molecule has 0 heterocycles. The molecule has 0 fully saturated rings. The van der Waals surface area contributed by atoms with Crippen LogP contribution in [0.5, 0.6) is 0 Å². The van der Waals surface area contributed by atoms with Crippen LogP contribution < -0.4 is 0 Å². The zero-order valence-electron chi connectivity index (χ0n) is 10.4. The van der Waals surface area contributed by atoms with Gasteiger partial charge in [0.2, 0.25) is 0 Å². The van der Waals surface area contributed by atoms with Gasteiger partial charge in [-0.3, -0.25) is 0 Å². The molecular formula is C10H26O2Si2. The van der Waals surface area contributed by atoms with Gasteiger partial charge in [0, 0.05) is 6.61 Å². The molecular weight excluding hydrogens is 208 g/mol. The summed E-state index contributed by atoms with van der Waals surface area (Å²) >= 11 is 0. The molecule has 0 aliphatic carbocycles. The summed E-state index contributed by atoms with van der Waals surface area (Å²) in [7, 11) is -2.76. The Hall–Kier alpha value is 0.354. The molecule has 14 heavy (non-hydrogen) atoms. The molecule has 0 rings (SSSR count). The van der Waals surface area contributed by atoms with E-state index in [-0.39, 0.29) is 0 Å². The fourth-order valence-electron chi connectivity index (χ4n) is 1.72. The van der Waals surface area contributed by atoms with Gasteiger partial charge in [-0.25, -0.2) is 0 Å². The Labute approximate surface area is 90.9 Å². The van der Waals surface area contributed by atoms with Crippen molar-refractivity contribution in [2.75, 3.05) is 6.61 Å². The molecule has 0 spiro atoms. The fraction of sp³-hybridized carbons (Fsp3) is 1.00. The van der Waals surface area contributed by atoms with Crippen molar-refractivity contribution in [2.45, 2.75) is 58.0 Å². The number of unbranched alkanes of at least 4 members (excludes halogenated alkanes) is 2. The number of aliphatic hydroxyl groups is 1. The maximum absolute atomic E-state index is 8.67. The Morgan fingerprint density at radius 3 is 1.93 bits per heavy atom. The summed E-state index contributed by atoms with van der Waals surface area (Å²) in [5, 5.41) is 8.67. The van der Waals surface area contributed by atoms with Crippen molar-refractivity contribution >= 4 is 16.6 Å². The van der Waals surface area contributed by atoms with Crippen molar-refractivity contribution < 1.29 is 9.22 Å². The highest BCUT2D eigenvalue weighted by atomic mass is 28.4. The molecule has 0 aromatic heterocycles. The van der Waals surface area contributed by atoms with E-state index in [2.05, 4.69) is 32.7 Å². The summed E-state index contributed by atoms with van der Waals surface area (Å²) in [4.78, 5) is 0. The molecule has 86 valence electrons. The predicted molar refractivity (Wildman–Crippen MR) is 67.7 cm³/mol. The fourth-order valence-corrected chi connectivity index (χ4v) is 9.86. The quantitative estimate of drug-likeness (QED) is 0.541. The van der Waals surface area contributed by atoms with Gasteiger partial charge in [0.05, 0.1) is 0 Å². The van der Waals surface area contributed by atoms with Crippen molar-refractivity contribution in [3.8, 4) is 0 Å². The second-order valence-electron chi connectivity index (χ2n) is 5.51. The van der Waals surface area contributed by atoms with Crippen LogP contribution in [-0.2, 0) is 4.12 Å². The minimum atomic E-state index is -1.41. The average Bonchev–Trinajstić information content (AvgIpc) is 1.93. The van der Waals surface area contributed by atoms with Crippen LogP contribution >= 0.6 is 0 Å². The van der Waals surface area contributed by atoms with Crippen LogP contribution in [0.15, 0.2) is 0 Å². The third kappa shape index (κ3) is 8.93. The first-order chi connectivity index (χ1) is 6.27. The molecule has 0 bridgehead atoms. The average molecular weight is 234 g/mol. The minimum absolute atomic E-state index is 0.330. The largest absolute Gasteiger partial charge is 0.456 e. The molecule has 4 heteroatoms. The van der Waals surface area contributed by atoms with E-state index in [4.69, 9.17) is 9.22 Å². The van der Waals surface area contributed by atoms with E-state index < -0.39 is 16.6 Å². The number of hydrogen-bond donors (Lipinski definition) is 1. The smallest absolute Gasteiger partial charge is 0.173 e. The van der Waals surface area contributed by atoms with Crippen LogP contribution in [0.4, 0.5) is 0 Å². The molecule has 2 nitrogen and oxygen atoms in total. The SMILES string of the molecule is C[Si](C)(C)O[Si](C)(C)CCCCCO. The van der Waals surface area contributed by atoms with Crippen LogP contribution in [0.25, 0.3) is 0 Å². The lowest BCUT2D eigenvalue weighted by atomic mass is 10.3. The molecule has 0 aliphatic rings. The van der Waals surface area contributed by atoms with Crippen molar-refractivity contribution in [2.24, 2.45) is 0 Å². The Morgan fingerprint density at radius 1 is 0.929 bits per heavy atom. The van der Waals surface area contributed by atoms with Crippen LogP contribution in [0, 0.1) is 0 Å². The molecule has 0 aromatic carbocycles. The van der Waals surface area contributed by atoms with Crippen LogP contribution in [0.3, 0.4) is 0 Å². The lowest BCUT2D eigenvalue weighted by molar-refractivity contribution is 0.283. The van der Waals surface area contributed by atoms with Gasteiger partial charge in [0.15, 0.2) is 16.6 Å². The van der Waals surface area contributed by atoms with Gasteiger partial charge < -0.3 is 9.22 Å². The van der Waals surface area contributed by atoms with Crippen LogP contribution in [0.2, 0.25) is 38.8 Å². The molecule has 0 aliphatic heterocycles. The lowest BCUT2D eigenvalue weighted by Crippen LogP contribution is -2.42. The van der Waals surface area contributed by atoms with E-state index in [1.807, 2.05) is 0 Å². The van der Waals surface area contributed by atoms with Crippen molar-refractivity contribution in [1.29, 1.82) is 0 Å². The van der Waals surface area contributed by atoms with Gasteiger partial charge in [0.25, 0.3) is 0 Å². The molecule has 0 radical (unpaired) electrons. The molecule has 0 saturated carbocycles. The molecule has 0 atom stereocenters. The van der Waals surface area contributed by atoms with E-state index in [9.17, 15) is 0 Å². The van der Waals surface area contributed by atoms with E-state index in [0.29, 0.717) is 6.61 Å². The first kappa shape index (κ1) is 14.4. The molecule has 0 saturated heterocycles. The summed E-state index contributed by atoms with van der Waals surface area (Å²) in [6.45, 7) is 11.7. The topological polar surface area (TPSA) is 29.5 Å².